The summed E-state index contributed by atoms with van der Waals surface area (Å²) in [6.45, 7) is 2.79. The van der Waals surface area contributed by atoms with E-state index in [1.807, 2.05) is 24.3 Å². The molecule has 108 valence electrons. The van der Waals surface area contributed by atoms with E-state index in [9.17, 15) is 0 Å². The Hall–Kier alpha value is -0.400. The van der Waals surface area contributed by atoms with Crippen molar-refractivity contribution in [3.63, 3.8) is 0 Å². The van der Waals surface area contributed by atoms with Crippen molar-refractivity contribution < 1.29 is 4.74 Å². The van der Waals surface area contributed by atoms with Gasteiger partial charge in [-0.2, -0.15) is 0 Å². The number of rotatable bonds is 6. The van der Waals surface area contributed by atoms with Crippen molar-refractivity contribution in [3.8, 4) is 5.75 Å². The average molecular weight is 420 g/mol. The van der Waals surface area contributed by atoms with Gasteiger partial charge in [0.1, 0.15) is 5.75 Å². The van der Waals surface area contributed by atoms with Crippen LogP contribution in [0.5, 0.6) is 5.75 Å². The third-order valence-electron chi connectivity index (χ3n) is 2.85. The molecule has 1 heterocycles. The Balaban J connectivity index is 2.39. The molecule has 0 saturated carbocycles. The molecule has 3 nitrogen and oxygen atoms in total. The zero-order chi connectivity index (χ0) is 14.5. The molecule has 0 aliphatic rings. The second kappa shape index (κ2) is 7.56. The SMILES string of the molecule is CCCOc1ccccc1C(NN)c1cc(Br)sc1Br. The van der Waals surface area contributed by atoms with Crippen molar-refractivity contribution in [2.45, 2.75) is 19.4 Å². The topological polar surface area (TPSA) is 47.3 Å². The fraction of sp³-hybridized carbons (Fsp3) is 0.286. The molecule has 2 rings (SSSR count). The maximum atomic E-state index is 5.82. The van der Waals surface area contributed by atoms with Crippen molar-refractivity contribution in [1.29, 1.82) is 0 Å². The zero-order valence-electron chi connectivity index (χ0n) is 11.0. The van der Waals surface area contributed by atoms with Crippen LogP contribution >= 0.6 is 43.2 Å². The Morgan fingerprint density at radius 1 is 1.30 bits per heavy atom. The van der Waals surface area contributed by atoms with Crippen LogP contribution in [0.25, 0.3) is 0 Å². The molecule has 0 radical (unpaired) electrons. The number of thiophene rings is 1. The van der Waals surface area contributed by atoms with Gasteiger partial charge in [-0.15, -0.1) is 11.3 Å². The average Bonchev–Trinajstić information content (AvgIpc) is 2.77. The lowest BCUT2D eigenvalue weighted by atomic mass is 10.0. The van der Waals surface area contributed by atoms with Crippen LogP contribution in [0.2, 0.25) is 0 Å². The van der Waals surface area contributed by atoms with E-state index in [0.717, 1.165) is 30.9 Å². The van der Waals surface area contributed by atoms with E-state index in [1.165, 1.54) is 0 Å². The van der Waals surface area contributed by atoms with Gasteiger partial charge in [0.25, 0.3) is 0 Å². The van der Waals surface area contributed by atoms with Gasteiger partial charge in [-0.3, -0.25) is 5.84 Å². The van der Waals surface area contributed by atoms with E-state index >= 15 is 0 Å². The van der Waals surface area contributed by atoms with Gasteiger partial charge in [0.2, 0.25) is 0 Å². The number of hydrogen-bond donors (Lipinski definition) is 2. The van der Waals surface area contributed by atoms with E-state index in [1.54, 1.807) is 11.3 Å². The number of nitrogens with two attached hydrogens (primary N) is 1. The first-order valence-electron chi connectivity index (χ1n) is 6.30. The number of benzene rings is 1. The summed E-state index contributed by atoms with van der Waals surface area (Å²) in [5.41, 5.74) is 5.01. The molecular formula is C14H16Br2N2OS. The van der Waals surface area contributed by atoms with Crippen molar-refractivity contribution in [3.05, 3.63) is 49.0 Å². The van der Waals surface area contributed by atoms with E-state index in [2.05, 4.69) is 50.3 Å². The zero-order valence-corrected chi connectivity index (χ0v) is 15.0. The summed E-state index contributed by atoms with van der Waals surface area (Å²) in [7, 11) is 0. The highest BCUT2D eigenvalue weighted by Gasteiger charge is 2.21. The predicted octanol–water partition coefficient (Wildman–Crippen LogP) is 4.61. The maximum absolute atomic E-state index is 5.82. The smallest absolute Gasteiger partial charge is 0.124 e. The molecule has 6 heteroatoms. The largest absolute Gasteiger partial charge is 0.493 e. The van der Waals surface area contributed by atoms with Crippen LogP contribution in [0.4, 0.5) is 0 Å². The Morgan fingerprint density at radius 2 is 2.05 bits per heavy atom. The van der Waals surface area contributed by atoms with E-state index in [4.69, 9.17) is 10.6 Å². The molecule has 0 bridgehead atoms. The Bertz CT molecular complexity index is 574. The standard InChI is InChI=1S/C14H16Br2N2OS/c1-2-7-19-11-6-4-3-5-9(11)13(18-17)10-8-12(15)20-14(10)16/h3-6,8,13,18H,2,7,17H2,1H3. The minimum Gasteiger partial charge on any atom is -0.493 e. The maximum Gasteiger partial charge on any atom is 0.124 e. The number of hydrogen-bond acceptors (Lipinski definition) is 4. The lowest BCUT2D eigenvalue weighted by molar-refractivity contribution is 0.311. The molecule has 2 aromatic rings. The van der Waals surface area contributed by atoms with Crippen molar-refractivity contribution in [1.82, 2.24) is 5.43 Å². The van der Waals surface area contributed by atoms with Crippen LogP contribution in [-0.2, 0) is 0 Å². The third kappa shape index (κ3) is 3.62. The number of para-hydroxylation sites is 1. The lowest BCUT2D eigenvalue weighted by Gasteiger charge is -2.19. The van der Waals surface area contributed by atoms with Crippen LogP contribution in [0, 0.1) is 0 Å². The van der Waals surface area contributed by atoms with Crippen molar-refractivity contribution in [2.24, 2.45) is 5.84 Å². The first-order valence-corrected chi connectivity index (χ1v) is 8.70. The molecular weight excluding hydrogens is 404 g/mol. The van der Waals surface area contributed by atoms with Gasteiger partial charge in [0.15, 0.2) is 0 Å². The monoisotopic (exact) mass is 418 g/mol. The molecule has 1 aromatic carbocycles. The second-order valence-corrected chi connectivity index (χ2v) is 8.01. The molecule has 0 aliphatic carbocycles. The van der Waals surface area contributed by atoms with Gasteiger partial charge in [0.05, 0.1) is 20.2 Å². The molecule has 0 fully saturated rings. The number of hydrazine groups is 1. The van der Waals surface area contributed by atoms with Gasteiger partial charge in [0, 0.05) is 11.1 Å². The van der Waals surface area contributed by atoms with E-state index in [0.29, 0.717) is 6.61 Å². The summed E-state index contributed by atoms with van der Waals surface area (Å²) in [5, 5.41) is 0. The second-order valence-electron chi connectivity index (χ2n) is 4.27. The van der Waals surface area contributed by atoms with Gasteiger partial charge < -0.3 is 4.74 Å². The summed E-state index contributed by atoms with van der Waals surface area (Å²) in [4.78, 5) is 0. The van der Waals surface area contributed by atoms with Crippen molar-refractivity contribution in [2.75, 3.05) is 6.61 Å². The quantitative estimate of drug-likeness (QED) is 0.530. The molecule has 0 spiro atoms. The van der Waals surface area contributed by atoms with Crippen molar-refractivity contribution >= 4 is 43.2 Å². The molecule has 0 saturated heterocycles. The third-order valence-corrected chi connectivity index (χ3v) is 5.24. The van der Waals surface area contributed by atoms with E-state index in [-0.39, 0.29) is 6.04 Å². The van der Waals surface area contributed by atoms with Crippen LogP contribution < -0.4 is 16.0 Å². The first kappa shape index (κ1) is 16.0. The summed E-state index contributed by atoms with van der Waals surface area (Å²) < 4.78 is 7.93. The van der Waals surface area contributed by atoms with Gasteiger partial charge >= 0.3 is 0 Å². The van der Waals surface area contributed by atoms with Gasteiger partial charge in [-0.25, -0.2) is 5.43 Å². The molecule has 20 heavy (non-hydrogen) atoms. The molecule has 1 unspecified atom stereocenters. The molecule has 3 N–H and O–H groups in total. The summed E-state index contributed by atoms with van der Waals surface area (Å²) in [6.07, 6.45) is 0.975. The molecule has 0 amide bonds. The molecule has 0 aliphatic heterocycles. The summed E-state index contributed by atoms with van der Waals surface area (Å²) >= 11 is 8.72. The Morgan fingerprint density at radius 3 is 2.65 bits per heavy atom. The number of ether oxygens (including phenoxy) is 1. The summed E-state index contributed by atoms with van der Waals surface area (Å²) in [6, 6.07) is 9.93. The first-order chi connectivity index (χ1) is 9.67. The van der Waals surface area contributed by atoms with Crippen LogP contribution in [-0.4, -0.2) is 6.61 Å². The molecule has 1 atom stereocenters. The number of nitrogens with one attached hydrogen (secondary N) is 1. The minimum absolute atomic E-state index is 0.111. The normalized spacial score (nSPS) is 12.4. The van der Waals surface area contributed by atoms with Crippen LogP contribution in [0.15, 0.2) is 37.9 Å². The summed E-state index contributed by atoms with van der Waals surface area (Å²) in [5.74, 6) is 6.64. The fourth-order valence-electron chi connectivity index (χ4n) is 1.96. The predicted molar refractivity (Wildman–Crippen MR) is 91.1 cm³/mol. The van der Waals surface area contributed by atoms with E-state index < -0.39 is 0 Å². The van der Waals surface area contributed by atoms with Crippen LogP contribution in [0.1, 0.15) is 30.5 Å². The van der Waals surface area contributed by atoms with Crippen LogP contribution in [0.3, 0.4) is 0 Å². The fourth-order valence-corrected chi connectivity index (χ4v) is 4.86. The Kier molecular flexibility index (Phi) is 6.04. The molecule has 1 aromatic heterocycles. The lowest BCUT2D eigenvalue weighted by Crippen LogP contribution is -2.29. The van der Waals surface area contributed by atoms with Gasteiger partial charge in [-0.1, -0.05) is 25.1 Å². The highest BCUT2D eigenvalue weighted by molar-refractivity contribution is 9.12. The highest BCUT2D eigenvalue weighted by Crippen LogP contribution is 2.39. The minimum atomic E-state index is -0.111. The number of halogens is 2. The van der Waals surface area contributed by atoms with Gasteiger partial charge in [-0.05, 0) is 50.4 Å². The highest BCUT2D eigenvalue weighted by atomic mass is 79.9. The Labute approximate surface area is 139 Å².